The van der Waals surface area contributed by atoms with Gasteiger partial charge in [0, 0.05) is 5.56 Å². The van der Waals surface area contributed by atoms with Gasteiger partial charge in [0.05, 0.1) is 11.1 Å². The van der Waals surface area contributed by atoms with Crippen molar-refractivity contribution in [1.29, 1.82) is 0 Å². The molecule has 0 atom stereocenters. The number of benzene rings is 5. The van der Waals surface area contributed by atoms with Crippen LogP contribution in [0.5, 0.6) is 5.75 Å². The Hall–Kier alpha value is -4.02. The Morgan fingerprint density at radius 2 is 1.25 bits per heavy atom. The maximum Gasteiger partial charge on any atom is 0.124 e. The van der Waals surface area contributed by atoms with Crippen molar-refractivity contribution >= 4 is 39.4 Å². The second kappa shape index (κ2) is 12.9. The Morgan fingerprint density at radius 3 is 1.75 bits per heavy atom. The van der Waals surface area contributed by atoms with Crippen molar-refractivity contribution in [3.05, 3.63) is 157 Å². The first-order chi connectivity index (χ1) is 19.3. The Bertz CT molecular complexity index is 1630. The SMILES string of the molecule is C=Cc1ccccc1[P+](Cc1ccccc1)(c1ccccc1)c1ccccc1.Cc1ccc(S(=O)(=O)[O-])cc1O. The molecular formula is C34H31O4PS. The summed E-state index contributed by atoms with van der Waals surface area (Å²) in [5, 5.41) is 13.3. The van der Waals surface area contributed by atoms with Gasteiger partial charge in [0.25, 0.3) is 0 Å². The van der Waals surface area contributed by atoms with Crippen LogP contribution in [0.1, 0.15) is 16.7 Å². The van der Waals surface area contributed by atoms with Crippen LogP contribution < -0.4 is 15.9 Å². The molecule has 0 unspecified atom stereocenters. The average Bonchev–Trinajstić information content (AvgIpc) is 2.98. The van der Waals surface area contributed by atoms with Crippen LogP contribution in [0, 0.1) is 6.92 Å². The predicted octanol–water partition coefficient (Wildman–Crippen LogP) is 6.43. The van der Waals surface area contributed by atoms with E-state index in [9.17, 15) is 13.0 Å². The third-order valence-electron chi connectivity index (χ3n) is 6.69. The van der Waals surface area contributed by atoms with Crippen LogP contribution in [-0.4, -0.2) is 18.1 Å². The molecule has 4 nitrogen and oxygen atoms in total. The van der Waals surface area contributed by atoms with Crippen LogP contribution in [0.25, 0.3) is 6.08 Å². The lowest BCUT2D eigenvalue weighted by Gasteiger charge is -2.29. The molecule has 0 radical (unpaired) electrons. The Labute approximate surface area is 237 Å². The fraction of sp³-hybridized carbons (Fsp3) is 0.0588. The first-order valence-electron chi connectivity index (χ1n) is 12.8. The Kier molecular flexibility index (Phi) is 9.34. The monoisotopic (exact) mass is 566 g/mol. The molecule has 0 spiro atoms. The molecule has 0 bridgehead atoms. The molecule has 0 aliphatic heterocycles. The number of aryl methyl sites for hydroxylation is 1. The first-order valence-corrected chi connectivity index (χ1v) is 16.1. The van der Waals surface area contributed by atoms with E-state index in [0.717, 1.165) is 18.3 Å². The second-order valence-corrected chi connectivity index (χ2v) is 14.1. The highest BCUT2D eigenvalue weighted by atomic mass is 32.2. The van der Waals surface area contributed by atoms with Gasteiger partial charge in [-0.1, -0.05) is 104 Å². The van der Waals surface area contributed by atoms with Gasteiger partial charge in [-0.2, -0.15) is 0 Å². The lowest BCUT2D eigenvalue weighted by molar-refractivity contribution is 0.454. The van der Waals surface area contributed by atoms with Gasteiger partial charge >= 0.3 is 0 Å². The van der Waals surface area contributed by atoms with Gasteiger partial charge in [-0.15, -0.1) is 0 Å². The molecule has 0 heterocycles. The topological polar surface area (TPSA) is 77.4 Å². The minimum absolute atomic E-state index is 0.188. The molecule has 0 fully saturated rings. The molecule has 0 aliphatic carbocycles. The summed E-state index contributed by atoms with van der Waals surface area (Å²) < 4.78 is 31.3. The zero-order chi connectivity index (χ0) is 28.6. The quantitative estimate of drug-likeness (QED) is 0.182. The summed E-state index contributed by atoms with van der Waals surface area (Å²) in [7, 11) is -6.35. The average molecular weight is 567 g/mol. The van der Waals surface area contributed by atoms with Gasteiger partial charge < -0.3 is 9.66 Å². The summed E-state index contributed by atoms with van der Waals surface area (Å²) in [6, 6.07) is 45.1. The van der Waals surface area contributed by atoms with Gasteiger partial charge in [0.15, 0.2) is 0 Å². The predicted molar refractivity (Wildman–Crippen MR) is 166 cm³/mol. The van der Waals surface area contributed by atoms with E-state index in [-0.39, 0.29) is 5.75 Å². The maximum absolute atomic E-state index is 10.4. The maximum atomic E-state index is 10.4. The first kappa shape index (κ1) is 29.0. The number of hydrogen-bond donors (Lipinski definition) is 1. The second-order valence-electron chi connectivity index (χ2n) is 9.29. The molecule has 0 amide bonds. The number of phenolic OH excluding ortho intramolecular Hbond substituents is 1. The van der Waals surface area contributed by atoms with E-state index >= 15 is 0 Å². The molecule has 0 saturated carbocycles. The molecule has 6 heteroatoms. The minimum Gasteiger partial charge on any atom is -0.744 e. The summed E-state index contributed by atoms with van der Waals surface area (Å²) in [6.07, 6.45) is 2.99. The van der Waals surface area contributed by atoms with E-state index in [1.807, 2.05) is 6.08 Å². The van der Waals surface area contributed by atoms with Crippen LogP contribution in [0.2, 0.25) is 0 Å². The molecule has 0 aliphatic rings. The molecular weight excluding hydrogens is 535 g/mol. The van der Waals surface area contributed by atoms with Crippen molar-refractivity contribution in [2.24, 2.45) is 0 Å². The van der Waals surface area contributed by atoms with Crippen molar-refractivity contribution in [1.82, 2.24) is 0 Å². The zero-order valence-electron chi connectivity index (χ0n) is 22.2. The van der Waals surface area contributed by atoms with E-state index in [1.165, 1.54) is 33.1 Å². The van der Waals surface area contributed by atoms with Gasteiger partial charge in [0.1, 0.15) is 39.0 Å². The number of rotatable bonds is 7. The van der Waals surface area contributed by atoms with Gasteiger partial charge in [-0.3, -0.25) is 0 Å². The van der Waals surface area contributed by atoms with Crippen LogP contribution in [0.4, 0.5) is 0 Å². The lowest BCUT2D eigenvalue weighted by Crippen LogP contribution is -2.33. The Balaban J connectivity index is 0.000000259. The van der Waals surface area contributed by atoms with Gasteiger partial charge in [0.2, 0.25) is 0 Å². The normalized spacial score (nSPS) is 11.2. The third-order valence-corrected chi connectivity index (χ3v) is 12.0. The highest BCUT2D eigenvalue weighted by Crippen LogP contribution is 2.58. The molecule has 5 aromatic carbocycles. The molecule has 1 N–H and O–H groups in total. The molecule has 5 rings (SSSR count). The van der Waals surface area contributed by atoms with Crippen LogP contribution >= 0.6 is 7.26 Å². The highest BCUT2D eigenvalue weighted by Gasteiger charge is 2.46. The van der Waals surface area contributed by atoms with Gasteiger partial charge in [-0.25, -0.2) is 8.42 Å². The van der Waals surface area contributed by atoms with Crippen molar-refractivity contribution in [2.75, 3.05) is 0 Å². The van der Waals surface area contributed by atoms with Crippen LogP contribution in [0.3, 0.4) is 0 Å². The van der Waals surface area contributed by atoms with Gasteiger partial charge in [-0.05, 0) is 60.5 Å². The van der Waals surface area contributed by atoms with Crippen molar-refractivity contribution in [3.63, 3.8) is 0 Å². The number of hydrogen-bond acceptors (Lipinski definition) is 4. The Morgan fingerprint density at radius 1 is 0.750 bits per heavy atom. The van der Waals surface area contributed by atoms with E-state index in [1.54, 1.807) is 6.92 Å². The van der Waals surface area contributed by atoms with E-state index < -0.39 is 22.3 Å². The fourth-order valence-electron chi connectivity index (χ4n) is 4.67. The summed E-state index contributed by atoms with van der Waals surface area (Å²) in [5.41, 5.74) is 3.12. The number of phenols is 1. The smallest absolute Gasteiger partial charge is 0.124 e. The molecule has 202 valence electrons. The van der Waals surface area contributed by atoms with Crippen molar-refractivity contribution in [2.45, 2.75) is 18.0 Å². The largest absolute Gasteiger partial charge is 0.744 e. The van der Waals surface area contributed by atoms with Crippen LogP contribution in [-0.2, 0) is 16.3 Å². The van der Waals surface area contributed by atoms with E-state index in [2.05, 4.69) is 122 Å². The van der Waals surface area contributed by atoms with Crippen LogP contribution in [0.15, 0.2) is 145 Å². The van der Waals surface area contributed by atoms with E-state index in [0.29, 0.717) is 5.56 Å². The number of aromatic hydroxyl groups is 1. The van der Waals surface area contributed by atoms with Crippen molar-refractivity contribution in [3.8, 4) is 5.75 Å². The zero-order valence-corrected chi connectivity index (χ0v) is 23.9. The van der Waals surface area contributed by atoms with Crippen molar-refractivity contribution < 1.29 is 18.1 Å². The lowest BCUT2D eigenvalue weighted by atomic mass is 10.2. The van der Waals surface area contributed by atoms with E-state index in [4.69, 9.17) is 5.11 Å². The molecule has 40 heavy (non-hydrogen) atoms. The third kappa shape index (κ3) is 6.57. The fourth-order valence-corrected chi connectivity index (χ4v) is 9.62. The molecule has 0 saturated heterocycles. The summed E-state index contributed by atoms with van der Waals surface area (Å²) in [5.74, 6) is -0.188. The summed E-state index contributed by atoms with van der Waals surface area (Å²) in [4.78, 5) is -0.411. The summed E-state index contributed by atoms with van der Waals surface area (Å²) >= 11 is 0. The standard InChI is InChI=1S/C27H24P.C7H8O4S/c1-2-24-16-12-13-21-27(24)28(25-17-8-4-9-18-25,26-19-10-5-11-20-26)22-23-14-6-3-7-15-23;1-5-2-3-6(4-7(5)8)12(9,10)11/h2-21H,1,22H2;2-4,8H,1H3,(H,9,10,11)/q+1;/p-1. The highest BCUT2D eigenvalue weighted by molar-refractivity contribution is 7.95. The summed E-state index contributed by atoms with van der Waals surface area (Å²) in [6.45, 7) is 5.72. The molecule has 5 aromatic rings. The molecule has 0 aromatic heterocycles. The minimum atomic E-state index is -4.45.